The molecule has 0 fully saturated rings. The summed E-state index contributed by atoms with van der Waals surface area (Å²) in [5.74, 6) is 1.41. The van der Waals surface area contributed by atoms with Gasteiger partial charge in [0, 0.05) is 15.8 Å². The van der Waals surface area contributed by atoms with Crippen LogP contribution < -0.4 is 19.7 Å². The Labute approximate surface area is 184 Å². The molecule has 3 aromatic carbocycles. The Kier molecular flexibility index (Phi) is 5.77. The van der Waals surface area contributed by atoms with Crippen molar-refractivity contribution in [3.63, 3.8) is 0 Å². The fraction of sp³-hybridized carbons (Fsp3) is 0.125. The van der Waals surface area contributed by atoms with E-state index in [-0.39, 0.29) is 11.9 Å². The number of hydrogen-bond donors (Lipinski definition) is 1. The highest BCUT2D eigenvalue weighted by Gasteiger charge is 2.34. The molecule has 5 nitrogen and oxygen atoms in total. The minimum absolute atomic E-state index is 0.0963. The predicted octanol–water partition coefficient (Wildman–Crippen LogP) is 5.55. The fourth-order valence-corrected chi connectivity index (χ4v) is 3.86. The molecule has 0 radical (unpaired) electrons. The van der Waals surface area contributed by atoms with Gasteiger partial charge >= 0.3 is 0 Å². The molecule has 0 unspecified atom stereocenters. The summed E-state index contributed by atoms with van der Waals surface area (Å²) in [6, 6.07) is 22.7. The van der Waals surface area contributed by atoms with Gasteiger partial charge in [0.15, 0.2) is 0 Å². The molecule has 0 saturated heterocycles. The number of carbonyl (C=O) groups excluding carboxylic acids is 1. The van der Waals surface area contributed by atoms with Gasteiger partial charge in [-0.2, -0.15) is 0 Å². The fourth-order valence-electron chi connectivity index (χ4n) is 3.44. The number of amides is 1. The summed E-state index contributed by atoms with van der Waals surface area (Å²) in [7, 11) is 3.25. The minimum Gasteiger partial charge on any atom is -0.497 e. The van der Waals surface area contributed by atoms with Crippen molar-refractivity contribution in [2.45, 2.75) is 6.04 Å². The first-order valence-corrected chi connectivity index (χ1v) is 10.2. The van der Waals surface area contributed by atoms with Crippen LogP contribution in [0, 0.1) is 0 Å². The molecule has 1 heterocycles. The van der Waals surface area contributed by atoms with E-state index in [0.29, 0.717) is 5.70 Å². The summed E-state index contributed by atoms with van der Waals surface area (Å²) in [4.78, 5) is 15.2. The first-order valence-electron chi connectivity index (χ1n) is 9.45. The molecular formula is C24H21BrN2O3. The summed E-state index contributed by atoms with van der Waals surface area (Å²) in [5.41, 5.74) is 3.16. The molecule has 152 valence electrons. The van der Waals surface area contributed by atoms with Gasteiger partial charge in [-0.05, 0) is 72.3 Å². The molecule has 0 aliphatic carbocycles. The maximum Gasteiger partial charge on any atom is 0.275 e. The van der Waals surface area contributed by atoms with E-state index in [2.05, 4.69) is 21.2 Å². The molecule has 0 bridgehead atoms. The van der Waals surface area contributed by atoms with Crippen LogP contribution in [0.3, 0.4) is 0 Å². The highest BCUT2D eigenvalue weighted by molar-refractivity contribution is 9.10. The van der Waals surface area contributed by atoms with E-state index < -0.39 is 0 Å². The summed E-state index contributed by atoms with van der Waals surface area (Å²) >= 11 is 3.53. The molecule has 1 aliphatic heterocycles. The molecule has 30 heavy (non-hydrogen) atoms. The molecule has 0 spiro atoms. The Morgan fingerprint density at radius 2 is 1.53 bits per heavy atom. The van der Waals surface area contributed by atoms with Crippen molar-refractivity contribution in [1.82, 2.24) is 0 Å². The largest absolute Gasteiger partial charge is 0.497 e. The third-order valence-corrected chi connectivity index (χ3v) is 5.45. The van der Waals surface area contributed by atoms with Crippen LogP contribution in [-0.2, 0) is 4.79 Å². The first kappa shape index (κ1) is 20.0. The number of halogens is 1. The Hall–Kier alpha value is -3.25. The van der Waals surface area contributed by atoms with Crippen LogP contribution in [0.4, 0.5) is 11.4 Å². The summed E-state index contributed by atoms with van der Waals surface area (Å²) in [6.07, 6.45) is 1.96. The topological polar surface area (TPSA) is 50.8 Å². The molecule has 6 heteroatoms. The van der Waals surface area contributed by atoms with E-state index in [0.717, 1.165) is 32.9 Å². The van der Waals surface area contributed by atoms with Crippen LogP contribution in [0.5, 0.6) is 11.5 Å². The monoisotopic (exact) mass is 464 g/mol. The summed E-state index contributed by atoms with van der Waals surface area (Å²) in [5, 5.41) is 3.26. The SMILES string of the molecule is COc1ccc(NC2=C[C@@H](c3cccc(Br)c3)N(c3ccc(OC)cc3)C2=O)cc1. The van der Waals surface area contributed by atoms with Crippen molar-refractivity contribution in [1.29, 1.82) is 0 Å². The second-order valence-corrected chi connectivity index (χ2v) is 7.72. The van der Waals surface area contributed by atoms with Gasteiger partial charge in [0.25, 0.3) is 5.91 Å². The highest BCUT2D eigenvalue weighted by atomic mass is 79.9. The molecule has 1 amide bonds. The van der Waals surface area contributed by atoms with E-state index in [1.165, 1.54) is 0 Å². The third-order valence-electron chi connectivity index (χ3n) is 4.96. The Bertz CT molecular complexity index is 1080. The van der Waals surface area contributed by atoms with Crippen molar-refractivity contribution < 1.29 is 14.3 Å². The smallest absolute Gasteiger partial charge is 0.275 e. The number of methoxy groups -OCH3 is 2. The van der Waals surface area contributed by atoms with Crippen molar-refractivity contribution >= 4 is 33.2 Å². The third kappa shape index (κ3) is 4.04. The lowest BCUT2D eigenvalue weighted by Gasteiger charge is -2.25. The first-order chi connectivity index (χ1) is 14.6. The van der Waals surface area contributed by atoms with Gasteiger partial charge in [-0.1, -0.05) is 28.1 Å². The maximum atomic E-state index is 13.4. The lowest BCUT2D eigenvalue weighted by molar-refractivity contribution is -0.114. The van der Waals surface area contributed by atoms with Crippen LogP contribution in [0.25, 0.3) is 0 Å². The molecule has 1 atom stereocenters. The molecule has 3 aromatic rings. The Balaban J connectivity index is 1.69. The van der Waals surface area contributed by atoms with E-state index in [1.807, 2.05) is 78.9 Å². The normalized spacial score (nSPS) is 15.7. The zero-order valence-corrected chi connectivity index (χ0v) is 18.2. The minimum atomic E-state index is -0.232. The van der Waals surface area contributed by atoms with Crippen LogP contribution in [0.2, 0.25) is 0 Å². The van der Waals surface area contributed by atoms with Crippen molar-refractivity contribution in [2.75, 3.05) is 24.4 Å². The summed E-state index contributed by atoms with van der Waals surface area (Å²) < 4.78 is 11.4. The second-order valence-electron chi connectivity index (χ2n) is 6.81. The Morgan fingerprint density at radius 3 is 2.13 bits per heavy atom. The van der Waals surface area contributed by atoms with E-state index in [4.69, 9.17) is 9.47 Å². The van der Waals surface area contributed by atoms with Crippen LogP contribution >= 0.6 is 15.9 Å². The molecule has 4 rings (SSSR count). The van der Waals surface area contributed by atoms with Crippen molar-refractivity contribution in [3.8, 4) is 11.5 Å². The van der Waals surface area contributed by atoms with Crippen molar-refractivity contribution in [3.05, 3.63) is 94.6 Å². The second kappa shape index (κ2) is 8.63. The quantitative estimate of drug-likeness (QED) is 0.519. The predicted molar refractivity (Wildman–Crippen MR) is 122 cm³/mol. The maximum absolute atomic E-state index is 13.4. The van der Waals surface area contributed by atoms with Gasteiger partial charge in [0.2, 0.25) is 0 Å². The Morgan fingerprint density at radius 1 is 0.900 bits per heavy atom. The number of nitrogens with one attached hydrogen (secondary N) is 1. The molecule has 1 aliphatic rings. The molecule has 0 saturated carbocycles. The van der Waals surface area contributed by atoms with Crippen molar-refractivity contribution in [2.24, 2.45) is 0 Å². The number of rotatable bonds is 6. The number of anilines is 2. The molecule has 0 aromatic heterocycles. The van der Waals surface area contributed by atoms with Gasteiger partial charge in [0.05, 0.1) is 20.3 Å². The van der Waals surface area contributed by atoms with E-state index in [1.54, 1.807) is 19.1 Å². The van der Waals surface area contributed by atoms with Gasteiger partial charge in [-0.3, -0.25) is 9.69 Å². The number of nitrogens with zero attached hydrogens (tertiary/aromatic N) is 1. The van der Waals surface area contributed by atoms with E-state index in [9.17, 15) is 4.79 Å². The highest BCUT2D eigenvalue weighted by Crippen LogP contribution is 2.37. The van der Waals surface area contributed by atoms with Gasteiger partial charge < -0.3 is 14.8 Å². The zero-order chi connectivity index (χ0) is 21.1. The van der Waals surface area contributed by atoms with Crippen LogP contribution in [0.15, 0.2) is 89.0 Å². The zero-order valence-electron chi connectivity index (χ0n) is 16.6. The van der Waals surface area contributed by atoms with Gasteiger partial charge in [-0.25, -0.2) is 0 Å². The van der Waals surface area contributed by atoms with Gasteiger partial charge in [-0.15, -0.1) is 0 Å². The number of benzene rings is 3. The summed E-state index contributed by atoms with van der Waals surface area (Å²) in [6.45, 7) is 0. The standard InChI is InChI=1S/C24H21BrN2O3/c1-29-20-10-6-18(7-11-20)26-22-15-23(16-4-3-5-17(25)14-16)27(24(22)28)19-8-12-21(30-2)13-9-19/h3-15,23,26H,1-2H3/t23-/m0/s1. The van der Waals surface area contributed by atoms with Crippen LogP contribution in [-0.4, -0.2) is 20.1 Å². The average molecular weight is 465 g/mol. The lowest BCUT2D eigenvalue weighted by atomic mass is 10.1. The van der Waals surface area contributed by atoms with E-state index >= 15 is 0 Å². The number of carbonyl (C=O) groups is 1. The van der Waals surface area contributed by atoms with Crippen LogP contribution in [0.1, 0.15) is 11.6 Å². The molecule has 1 N–H and O–H groups in total. The number of ether oxygens (including phenoxy) is 2. The average Bonchev–Trinajstić information content (AvgIpc) is 3.10. The molecular weight excluding hydrogens is 444 g/mol. The van der Waals surface area contributed by atoms with Gasteiger partial charge in [0.1, 0.15) is 17.2 Å². The number of hydrogen-bond acceptors (Lipinski definition) is 4. The lowest BCUT2D eigenvalue weighted by Crippen LogP contribution is -2.30.